The van der Waals surface area contributed by atoms with Gasteiger partial charge in [-0.1, -0.05) is 32.0 Å². The van der Waals surface area contributed by atoms with Crippen molar-refractivity contribution in [3.05, 3.63) is 46.8 Å². The molecule has 144 valence electrons. The second-order valence-electron chi connectivity index (χ2n) is 7.28. The molecule has 1 aromatic carbocycles. The number of likely N-dealkylation sites (N-methyl/N-ethyl adjacent to an activating group) is 1. The maximum absolute atomic E-state index is 12.5. The number of carbonyl (C=O) groups excluding carboxylic acids is 1. The maximum atomic E-state index is 12.5. The van der Waals surface area contributed by atoms with Crippen molar-refractivity contribution >= 4 is 18.3 Å². The molecule has 26 heavy (non-hydrogen) atoms. The molecule has 1 amide bonds. The summed E-state index contributed by atoms with van der Waals surface area (Å²) in [5, 5.41) is 4.69. The molecule has 0 saturated heterocycles. The average Bonchev–Trinajstić information content (AvgIpc) is 2.82. The second kappa shape index (κ2) is 9.19. The van der Waals surface area contributed by atoms with Crippen LogP contribution in [-0.2, 0) is 11.3 Å². The molecule has 2 rings (SSSR count). The third-order valence-corrected chi connectivity index (χ3v) is 4.60. The largest absolute Gasteiger partial charge is 0.340 e. The first-order chi connectivity index (χ1) is 11.7. The van der Waals surface area contributed by atoms with Gasteiger partial charge in [-0.15, -0.1) is 12.4 Å². The van der Waals surface area contributed by atoms with Crippen LogP contribution in [0.2, 0.25) is 0 Å². The van der Waals surface area contributed by atoms with Crippen LogP contribution in [0.25, 0.3) is 5.69 Å². The Kier molecular flexibility index (Phi) is 7.85. The molecule has 5 nitrogen and oxygen atoms in total. The van der Waals surface area contributed by atoms with E-state index >= 15 is 0 Å². The van der Waals surface area contributed by atoms with Gasteiger partial charge in [-0.05, 0) is 44.7 Å². The first-order valence-corrected chi connectivity index (χ1v) is 8.84. The van der Waals surface area contributed by atoms with Crippen molar-refractivity contribution in [2.45, 2.75) is 53.6 Å². The summed E-state index contributed by atoms with van der Waals surface area (Å²) in [7, 11) is 1.81. The smallest absolute Gasteiger partial charge is 0.239 e. The van der Waals surface area contributed by atoms with Crippen molar-refractivity contribution in [3.63, 3.8) is 0 Å². The predicted octanol–water partition coefficient (Wildman–Crippen LogP) is 3.55. The molecule has 2 N–H and O–H groups in total. The topological polar surface area (TPSA) is 64.2 Å². The van der Waals surface area contributed by atoms with Crippen LogP contribution >= 0.6 is 12.4 Å². The number of para-hydroxylation sites is 1. The molecule has 2 aromatic rings. The highest BCUT2D eigenvalue weighted by molar-refractivity contribution is 5.85. The molecule has 0 radical (unpaired) electrons. The molecule has 1 aromatic heterocycles. The Labute approximate surface area is 163 Å². The number of carbonyl (C=O) groups is 1. The van der Waals surface area contributed by atoms with Crippen LogP contribution in [0.3, 0.4) is 0 Å². The Morgan fingerprint density at radius 1 is 1.23 bits per heavy atom. The number of benzene rings is 1. The number of rotatable bonds is 6. The van der Waals surface area contributed by atoms with Gasteiger partial charge in [0.2, 0.25) is 5.91 Å². The molecular formula is C20H31ClN4O. The minimum absolute atomic E-state index is 0. The lowest BCUT2D eigenvalue weighted by Gasteiger charge is -2.22. The summed E-state index contributed by atoms with van der Waals surface area (Å²) in [6, 6.07) is 7.72. The van der Waals surface area contributed by atoms with E-state index in [2.05, 4.69) is 32.9 Å². The number of nitrogens with two attached hydrogens (primary N) is 1. The van der Waals surface area contributed by atoms with Crippen molar-refractivity contribution in [1.29, 1.82) is 0 Å². The van der Waals surface area contributed by atoms with E-state index < -0.39 is 6.04 Å². The van der Waals surface area contributed by atoms with Crippen molar-refractivity contribution in [3.8, 4) is 5.69 Å². The summed E-state index contributed by atoms with van der Waals surface area (Å²) in [5.74, 6) is 0.385. The SMILES string of the molecule is Cc1ccccc1-n1nc(C)c(CN(C)C(=O)[C@@H](N)CC(C)C)c1C.Cl. The monoisotopic (exact) mass is 378 g/mol. The number of halogens is 1. The van der Waals surface area contributed by atoms with Crippen LogP contribution in [0.1, 0.15) is 42.8 Å². The van der Waals surface area contributed by atoms with Crippen molar-refractivity contribution in [1.82, 2.24) is 14.7 Å². The standard InChI is InChI=1S/C20H30N4O.ClH/c1-13(2)11-18(21)20(25)23(6)12-17-15(4)22-24(16(17)5)19-10-8-7-9-14(19)3;/h7-10,13,18H,11-12,21H2,1-6H3;1H/t18-;/m0./s1. The van der Waals surface area contributed by atoms with Gasteiger partial charge < -0.3 is 10.6 Å². The molecule has 0 aliphatic carbocycles. The Hall–Kier alpha value is -1.85. The molecular weight excluding hydrogens is 348 g/mol. The van der Waals surface area contributed by atoms with Gasteiger partial charge in [0.1, 0.15) is 0 Å². The summed E-state index contributed by atoms with van der Waals surface area (Å²) in [6.07, 6.45) is 0.698. The third-order valence-electron chi connectivity index (χ3n) is 4.60. The van der Waals surface area contributed by atoms with Crippen LogP contribution in [0.15, 0.2) is 24.3 Å². The van der Waals surface area contributed by atoms with Gasteiger partial charge in [-0.2, -0.15) is 5.10 Å². The minimum Gasteiger partial charge on any atom is -0.340 e. The molecule has 1 atom stereocenters. The zero-order valence-electron chi connectivity index (χ0n) is 16.6. The molecule has 0 aliphatic rings. The van der Waals surface area contributed by atoms with Crippen LogP contribution in [0, 0.1) is 26.7 Å². The van der Waals surface area contributed by atoms with Gasteiger partial charge in [0.15, 0.2) is 0 Å². The van der Waals surface area contributed by atoms with E-state index in [0.29, 0.717) is 18.9 Å². The molecule has 0 fully saturated rings. The van der Waals surface area contributed by atoms with E-state index in [-0.39, 0.29) is 18.3 Å². The fourth-order valence-corrected chi connectivity index (χ4v) is 3.15. The highest BCUT2D eigenvalue weighted by Crippen LogP contribution is 2.21. The number of hydrogen-bond donors (Lipinski definition) is 1. The molecule has 0 bridgehead atoms. The molecule has 1 heterocycles. The van der Waals surface area contributed by atoms with Gasteiger partial charge >= 0.3 is 0 Å². The quantitative estimate of drug-likeness (QED) is 0.835. The molecule has 0 saturated carbocycles. The lowest BCUT2D eigenvalue weighted by molar-refractivity contribution is -0.132. The molecule has 0 spiro atoms. The van der Waals surface area contributed by atoms with Crippen LogP contribution in [0.4, 0.5) is 0 Å². The Balaban J connectivity index is 0.00000338. The number of aryl methyl sites for hydroxylation is 2. The Morgan fingerprint density at radius 3 is 2.42 bits per heavy atom. The number of amides is 1. The van der Waals surface area contributed by atoms with E-state index in [1.165, 1.54) is 5.56 Å². The fraction of sp³-hybridized carbons (Fsp3) is 0.500. The van der Waals surface area contributed by atoms with E-state index in [4.69, 9.17) is 10.8 Å². The summed E-state index contributed by atoms with van der Waals surface area (Å²) in [4.78, 5) is 14.2. The zero-order chi connectivity index (χ0) is 18.7. The normalized spacial score (nSPS) is 12.0. The lowest BCUT2D eigenvalue weighted by Crippen LogP contribution is -2.42. The van der Waals surface area contributed by atoms with Gasteiger partial charge in [-0.25, -0.2) is 4.68 Å². The summed E-state index contributed by atoms with van der Waals surface area (Å²) in [5.41, 5.74) is 11.4. The van der Waals surface area contributed by atoms with Gasteiger partial charge in [0.25, 0.3) is 0 Å². The number of nitrogens with zero attached hydrogens (tertiary/aromatic N) is 3. The maximum Gasteiger partial charge on any atom is 0.239 e. The Morgan fingerprint density at radius 2 is 1.85 bits per heavy atom. The summed E-state index contributed by atoms with van der Waals surface area (Å²) >= 11 is 0. The first kappa shape index (κ1) is 22.2. The van der Waals surface area contributed by atoms with E-state index in [1.54, 1.807) is 4.90 Å². The molecule has 0 unspecified atom stereocenters. The van der Waals surface area contributed by atoms with Crippen LogP contribution in [-0.4, -0.2) is 33.7 Å². The van der Waals surface area contributed by atoms with E-state index in [1.807, 2.05) is 37.7 Å². The number of aromatic nitrogens is 2. The fourth-order valence-electron chi connectivity index (χ4n) is 3.15. The number of hydrogen-bond acceptors (Lipinski definition) is 3. The van der Waals surface area contributed by atoms with Gasteiger partial charge in [-0.3, -0.25) is 4.79 Å². The van der Waals surface area contributed by atoms with Crippen molar-refractivity contribution in [2.24, 2.45) is 11.7 Å². The van der Waals surface area contributed by atoms with Crippen molar-refractivity contribution < 1.29 is 4.79 Å². The highest BCUT2D eigenvalue weighted by Gasteiger charge is 2.22. The lowest BCUT2D eigenvalue weighted by atomic mass is 10.0. The van der Waals surface area contributed by atoms with Crippen LogP contribution < -0.4 is 5.73 Å². The third kappa shape index (κ3) is 4.86. The second-order valence-corrected chi connectivity index (χ2v) is 7.28. The van der Waals surface area contributed by atoms with E-state index in [9.17, 15) is 4.79 Å². The molecule has 6 heteroatoms. The predicted molar refractivity (Wildman–Crippen MR) is 109 cm³/mol. The van der Waals surface area contributed by atoms with Crippen LogP contribution in [0.5, 0.6) is 0 Å². The minimum atomic E-state index is -0.447. The first-order valence-electron chi connectivity index (χ1n) is 8.84. The highest BCUT2D eigenvalue weighted by atomic mass is 35.5. The summed E-state index contributed by atoms with van der Waals surface area (Å²) < 4.78 is 1.96. The van der Waals surface area contributed by atoms with Crippen molar-refractivity contribution in [2.75, 3.05) is 7.05 Å². The van der Waals surface area contributed by atoms with Gasteiger partial charge in [0.05, 0.1) is 17.4 Å². The Bertz CT molecular complexity index is 754. The average molecular weight is 379 g/mol. The zero-order valence-corrected chi connectivity index (χ0v) is 17.4. The summed E-state index contributed by atoms with van der Waals surface area (Å²) in [6.45, 7) is 10.8. The van der Waals surface area contributed by atoms with E-state index in [0.717, 1.165) is 22.6 Å². The van der Waals surface area contributed by atoms with Gasteiger partial charge in [0, 0.05) is 24.8 Å². The molecule has 0 aliphatic heterocycles.